The predicted octanol–water partition coefficient (Wildman–Crippen LogP) is 5.67. The number of carbonyl (C=O) groups is 1. The van der Waals surface area contributed by atoms with Crippen LogP contribution in [0.25, 0.3) is 11.0 Å². The third kappa shape index (κ3) is 4.05. The van der Waals surface area contributed by atoms with Crippen LogP contribution in [0.2, 0.25) is 0 Å². The molecule has 9 heteroatoms. The number of hydrogen-bond donors (Lipinski definition) is 2. The van der Waals surface area contributed by atoms with Gasteiger partial charge >= 0.3 is 0 Å². The van der Waals surface area contributed by atoms with E-state index in [0.29, 0.717) is 22.3 Å². The fourth-order valence-corrected chi connectivity index (χ4v) is 4.37. The van der Waals surface area contributed by atoms with Crippen molar-refractivity contribution in [3.8, 4) is 0 Å². The first-order valence-electron chi connectivity index (χ1n) is 8.27. The molecule has 0 radical (unpaired) electrons. The van der Waals surface area contributed by atoms with Gasteiger partial charge in [0.05, 0.1) is 11.0 Å². The molecule has 0 atom stereocenters. The van der Waals surface area contributed by atoms with Gasteiger partial charge in [0, 0.05) is 27.2 Å². The Morgan fingerprint density at radius 3 is 2.64 bits per heavy atom. The van der Waals surface area contributed by atoms with E-state index in [9.17, 15) is 13.6 Å². The van der Waals surface area contributed by atoms with Crippen molar-refractivity contribution in [3.63, 3.8) is 0 Å². The number of benzene rings is 2. The molecular weight excluding hydrogens is 402 g/mol. The standard InChI is InChI=1S/C19H14F2N4OS2/c1-10-9-27-19(22-10)28-13-5-3-12(4-6-13)23-18(26)11-2-7-14-15(8-11)25-17(24-14)16(20)21/h2-9,16H,1H3,(H,23,26)(H,24,25). The average molecular weight is 416 g/mol. The van der Waals surface area contributed by atoms with Crippen LogP contribution >= 0.6 is 23.1 Å². The maximum Gasteiger partial charge on any atom is 0.295 e. The fraction of sp³-hybridized carbons (Fsp3) is 0.105. The highest BCUT2D eigenvalue weighted by atomic mass is 32.2. The van der Waals surface area contributed by atoms with Crippen molar-refractivity contribution in [3.05, 3.63) is 64.9 Å². The Morgan fingerprint density at radius 2 is 1.96 bits per heavy atom. The van der Waals surface area contributed by atoms with Crippen LogP contribution in [0.5, 0.6) is 0 Å². The van der Waals surface area contributed by atoms with Gasteiger partial charge in [0.1, 0.15) is 0 Å². The Balaban J connectivity index is 1.46. The lowest BCUT2D eigenvalue weighted by Gasteiger charge is -2.06. The monoisotopic (exact) mass is 416 g/mol. The molecule has 0 saturated heterocycles. The van der Waals surface area contributed by atoms with E-state index < -0.39 is 12.2 Å². The molecule has 0 spiro atoms. The first-order valence-corrected chi connectivity index (χ1v) is 9.97. The van der Waals surface area contributed by atoms with Crippen LogP contribution in [0.4, 0.5) is 14.5 Å². The lowest BCUT2D eigenvalue weighted by Crippen LogP contribution is -2.11. The first kappa shape index (κ1) is 18.6. The maximum atomic E-state index is 12.7. The zero-order valence-electron chi connectivity index (χ0n) is 14.6. The molecule has 4 rings (SSSR count). The number of H-pyrrole nitrogens is 1. The van der Waals surface area contributed by atoms with E-state index in [0.717, 1.165) is 14.9 Å². The number of anilines is 1. The van der Waals surface area contributed by atoms with Crippen molar-refractivity contribution in [2.45, 2.75) is 22.6 Å². The van der Waals surface area contributed by atoms with Gasteiger partial charge in [-0.2, -0.15) is 0 Å². The highest BCUT2D eigenvalue weighted by Gasteiger charge is 2.14. The summed E-state index contributed by atoms with van der Waals surface area (Å²) < 4.78 is 26.5. The highest BCUT2D eigenvalue weighted by Crippen LogP contribution is 2.31. The molecule has 28 heavy (non-hydrogen) atoms. The molecule has 0 bridgehead atoms. The molecule has 2 aromatic carbocycles. The summed E-state index contributed by atoms with van der Waals surface area (Å²) in [5, 5.41) is 4.80. The molecular formula is C19H14F2N4OS2. The van der Waals surface area contributed by atoms with Gasteiger partial charge < -0.3 is 10.3 Å². The number of fused-ring (bicyclic) bond motifs is 1. The number of alkyl halides is 2. The van der Waals surface area contributed by atoms with Crippen LogP contribution in [-0.2, 0) is 0 Å². The summed E-state index contributed by atoms with van der Waals surface area (Å²) in [6.07, 6.45) is -2.69. The average Bonchev–Trinajstić information content (AvgIpc) is 3.28. The molecule has 0 unspecified atom stereocenters. The molecule has 2 N–H and O–H groups in total. The van der Waals surface area contributed by atoms with Crippen molar-refractivity contribution in [1.82, 2.24) is 15.0 Å². The van der Waals surface area contributed by atoms with E-state index in [4.69, 9.17) is 0 Å². The molecule has 0 saturated carbocycles. The Morgan fingerprint density at radius 1 is 1.18 bits per heavy atom. The number of hydrogen-bond acceptors (Lipinski definition) is 5. The van der Waals surface area contributed by atoms with Crippen molar-refractivity contribution >= 4 is 45.7 Å². The highest BCUT2D eigenvalue weighted by molar-refractivity contribution is 8.01. The number of aromatic nitrogens is 3. The lowest BCUT2D eigenvalue weighted by molar-refractivity contribution is 0.102. The number of rotatable bonds is 5. The number of thiazole rings is 1. The number of amides is 1. The van der Waals surface area contributed by atoms with E-state index in [1.165, 1.54) is 6.07 Å². The van der Waals surface area contributed by atoms with Crippen LogP contribution in [0.1, 0.15) is 28.3 Å². The molecule has 2 heterocycles. The van der Waals surface area contributed by atoms with Crippen LogP contribution in [0.15, 0.2) is 57.1 Å². The third-order valence-electron chi connectivity index (χ3n) is 3.88. The number of halogens is 2. The Kier molecular flexibility index (Phi) is 5.10. The smallest absolute Gasteiger partial charge is 0.295 e. The van der Waals surface area contributed by atoms with Crippen LogP contribution in [0, 0.1) is 6.92 Å². The molecule has 0 aliphatic carbocycles. The lowest BCUT2D eigenvalue weighted by atomic mass is 10.2. The Labute approximate surface area is 167 Å². The topological polar surface area (TPSA) is 70.7 Å². The molecule has 2 aromatic heterocycles. The third-order valence-corrected chi connectivity index (χ3v) is 5.95. The fourth-order valence-electron chi connectivity index (χ4n) is 2.56. The van der Waals surface area contributed by atoms with Gasteiger partial charge in [-0.25, -0.2) is 18.7 Å². The second kappa shape index (κ2) is 7.69. The van der Waals surface area contributed by atoms with Crippen molar-refractivity contribution in [2.24, 2.45) is 0 Å². The van der Waals surface area contributed by atoms with E-state index >= 15 is 0 Å². The molecule has 0 aliphatic heterocycles. The van der Waals surface area contributed by atoms with Crippen LogP contribution in [-0.4, -0.2) is 20.9 Å². The summed E-state index contributed by atoms with van der Waals surface area (Å²) in [7, 11) is 0. The SMILES string of the molecule is Cc1csc(Sc2ccc(NC(=O)c3ccc4nc(C(F)F)[nH]c4c3)cc2)n1. The van der Waals surface area contributed by atoms with Gasteiger partial charge in [-0.15, -0.1) is 11.3 Å². The summed E-state index contributed by atoms with van der Waals surface area (Å²) in [6, 6.07) is 12.0. The quantitative estimate of drug-likeness (QED) is 0.440. The number of carbonyl (C=O) groups excluding carboxylic acids is 1. The van der Waals surface area contributed by atoms with E-state index in [1.807, 2.05) is 36.6 Å². The van der Waals surface area contributed by atoms with Gasteiger partial charge in [0.15, 0.2) is 10.2 Å². The van der Waals surface area contributed by atoms with Crippen LogP contribution in [0.3, 0.4) is 0 Å². The summed E-state index contributed by atoms with van der Waals surface area (Å²) in [5.74, 6) is -0.734. The minimum absolute atomic E-state index is 0.328. The zero-order valence-corrected chi connectivity index (χ0v) is 16.2. The maximum absolute atomic E-state index is 12.7. The van der Waals surface area contributed by atoms with Crippen molar-refractivity contribution in [2.75, 3.05) is 5.32 Å². The van der Waals surface area contributed by atoms with Crippen molar-refractivity contribution < 1.29 is 13.6 Å². The summed E-state index contributed by atoms with van der Waals surface area (Å²) in [4.78, 5) is 24.2. The summed E-state index contributed by atoms with van der Waals surface area (Å²) in [6.45, 7) is 1.95. The molecule has 4 aromatic rings. The molecule has 1 amide bonds. The zero-order chi connectivity index (χ0) is 19.7. The normalized spacial score (nSPS) is 11.3. The van der Waals surface area contributed by atoms with Gasteiger partial charge in [-0.05, 0) is 49.4 Å². The number of nitrogens with zero attached hydrogens (tertiary/aromatic N) is 2. The van der Waals surface area contributed by atoms with Gasteiger partial charge in [0.2, 0.25) is 0 Å². The minimum Gasteiger partial charge on any atom is -0.337 e. The predicted molar refractivity (Wildman–Crippen MR) is 106 cm³/mol. The largest absolute Gasteiger partial charge is 0.337 e. The second-order valence-electron chi connectivity index (χ2n) is 5.99. The molecule has 5 nitrogen and oxygen atoms in total. The second-order valence-corrected chi connectivity index (χ2v) is 8.17. The number of imidazole rings is 1. The van der Waals surface area contributed by atoms with E-state index in [2.05, 4.69) is 20.3 Å². The Hall–Kier alpha value is -2.78. The van der Waals surface area contributed by atoms with Gasteiger partial charge in [-0.1, -0.05) is 11.8 Å². The first-order chi connectivity index (χ1) is 13.5. The molecule has 0 aliphatic rings. The van der Waals surface area contributed by atoms with Crippen molar-refractivity contribution in [1.29, 1.82) is 0 Å². The van der Waals surface area contributed by atoms with Gasteiger partial charge in [0.25, 0.3) is 12.3 Å². The molecule has 142 valence electrons. The van der Waals surface area contributed by atoms with Gasteiger partial charge in [-0.3, -0.25) is 4.79 Å². The minimum atomic E-state index is -2.69. The Bertz CT molecular complexity index is 1140. The number of nitrogens with one attached hydrogen (secondary N) is 2. The number of aryl methyl sites for hydroxylation is 1. The summed E-state index contributed by atoms with van der Waals surface area (Å²) >= 11 is 3.15. The van der Waals surface area contributed by atoms with Crippen LogP contribution < -0.4 is 5.32 Å². The van der Waals surface area contributed by atoms with E-state index in [-0.39, 0.29) is 5.91 Å². The van der Waals surface area contributed by atoms with E-state index in [1.54, 1.807) is 35.2 Å². The number of aromatic amines is 1. The molecule has 0 fully saturated rings. The summed E-state index contributed by atoms with van der Waals surface area (Å²) in [5.41, 5.74) is 2.78.